The highest BCUT2D eigenvalue weighted by atomic mass is 32.2. The van der Waals surface area contributed by atoms with Crippen LogP contribution in [0.25, 0.3) is 0 Å². The van der Waals surface area contributed by atoms with Crippen LogP contribution in [0.5, 0.6) is 0 Å². The minimum Gasteiger partial charge on any atom is -0.336 e. The number of sulfonamides is 1. The first-order valence-corrected chi connectivity index (χ1v) is 10.9. The van der Waals surface area contributed by atoms with E-state index in [1.165, 1.54) is 4.31 Å². The molecule has 3 rings (SSSR count). The number of carbonyl (C=O) groups is 1. The van der Waals surface area contributed by atoms with Gasteiger partial charge in [0.1, 0.15) is 0 Å². The first-order chi connectivity index (χ1) is 12.5. The van der Waals surface area contributed by atoms with Crippen molar-refractivity contribution in [2.75, 3.05) is 31.9 Å². The first kappa shape index (κ1) is 18.9. The molecule has 1 aliphatic rings. The Morgan fingerprint density at radius 1 is 1.12 bits per heavy atom. The molecule has 0 atom stereocenters. The van der Waals surface area contributed by atoms with Gasteiger partial charge in [-0.25, -0.2) is 13.4 Å². The Bertz CT molecular complexity index is 864. The average Bonchev–Trinajstić information content (AvgIpc) is 2.69. The highest BCUT2D eigenvalue weighted by Gasteiger charge is 2.30. The second-order valence-electron chi connectivity index (χ2n) is 5.83. The Kier molecular flexibility index (Phi) is 5.95. The lowest BCUT2D eigenvalue weighted by atomic mass is 10.2. The van der Waals surface area contributed by atoms with Crippen LogP contribution in [-0.2, 0) is 10.0 Å². The Balaban J connectivity index is 1.67. The molecule has 0 N–H and O–H groups in total. The molecular formula is C18H21N3O3S2. The number of hydrogen-bond donors (Lipinski definition) is 0. The summed E-state index contributed by atoms with van der Waals surface area (Å²) in [6.07, 6.45) is 1.64. The lowest BCUT2D eigenvalue weighted by Crippen LogP contribution is -2.50. The van der Waals surface area contributed by atoms with Crippen molar-refractivity contribution in [3.63, 3.8) is 0 Å². The first-order valence-electron chi connectivity index (χ1n) is 8.45. The molecule has 1 saturated heterocycles. The summed E-state index contributed by atoms with van der Waals surface area (Å²) in [5.74, 6) is 0.808. The molecule has 1 amide bonds. The number of aromatic nitrogens is 1. The summed E-state index contributed by atoms with van der Waals surface area (Å²) in [6, 6.07) is 11.9. The van der Waals surface area contributed by atoms with Crippen molar-refractivity contribution in [2.45, 2.75) is 16.8 Å². The van der Waals surface area contributed by atoms with Crippen molar-refractivity contribution in [3.8, 4) is 0 Å². The number of thioether (sulfide) groups is 1. The number of piperazine rings is 1. The standard InChI is InChI=1S/C18H21N3O3S2/c1-2-25-17-14-15(8-9-19-17)18(22)20-10-12-21(13-11-20)26(23,24)16-6-4-3-5-7-16/h3-9,14H,2,10-13H2,1H3. The van der Waals surface area contributed by atoms with Crippen LogP contribution < -0.4 is 0 Å². The van der Waals surface area contributed by atoms with Crippen molar-refractivity contribution in [1.82, 2.24) is 14.2 Å². The summed E-state index contributed by atoms with van der Waals surface area (Å²) >= 11 is 1.59. The SMILES string of the molecule is CCSc1cc(C(=O)N2CCN(S(=O)(=O)c3ccccc3)CC2)ccn1. The lowest BCUT2D eigenvalue weighted by molar-refractivity contribution is 0.0697. The number of benzene rings is 1. The van der Waals surface area contributed by atoms with Crippen molar-refractivity contribution < 1.29 is 13.2 Å². The molecule has 6 nitrogen and oxygen atoms in total. The fourth-order valence-electron chi connectivity index (χ4n) is 2.82. The van der Waals surface area contributed by atoms with Gasteiger partial charge in [0.15, 0.2) is 0 Å². The molecule has 1 fully saturated rings. The quantitative estimate of drug-likeness (QED) is 0.732. The maximum Gasteiger partial charge on any atom is 0.254 e. The zero-order valence-electron chi connectivity index (χ0n) is 14.5. The van der Waals surface area contributed by atoms with Crippen molar-refractivity contribution in [2.24, 2.45) is 0 Å². The minimum atomic E-state index is -3.51. The topological polar surface area (TPSA) is 70.6 Å². The number of carbonyl (C=O) groups excluding carboxylic acids is 1. The zero-order chi connectivity index (χ0) is 18.6. The van der Waals surface area contributed by atoms with Gasteiger partial charge < -0.3 is 4.90 Å². The van der Waals surface area contributed by atoms with Gasteiger partial charge in [0.2, 0.25) is 10.0 Å². The molecule has 0 radical (unpaired) electrons. The fraction of sp³-hybridized carbons (Fsp3) is 0.333. The van der Waals surface area contributed by atoms with Gasteiger partial charge >= 0.3 is 0 Å². The maximum atomic E-state index is 12.7. The van der Waals surface area contributed by atoms with Crippen LogP contribution in [0, 0.1) is 0 Å². The van der Waals surface area contributed by atoms with Gasteiger partial charge in [-0.3, -0.25) is 4.79 Å². The van der Waals surface area contributed by atoms with Crippen LogP contribution in [0.15, 0.2) is 58.6 Å². The molecule has 0 spiro atoms. The van der Waals surface area contributed by atoms with E-state index >= 15 is 0 Å². The number of hydrogen-bond acceptors (Lipinski definition) is 5. The second-order valence-corrected chi connectivity index (χ2v) is 9.05. The number of rotatable bonds is 5. The van der Waals surface area contributed by atoms with Gasteiger partial charge in [-0.15, -0.1) is 11.8 Å². The van der Waals surface area contributed by atoms with Crippen molar-refractivity contribution in [1.29, 1.82) is 0 Å². The largest absolute Gasteiger partial charge is 0.336 e. The maximum absolute atomic E-state index is 12.7. The highest BCUT2D eigenvalue weighted by molar-refractivity contribution is 7.99. The van der Waals surface area contributed by atoms with Gasteiger partial charge in [-0.1, -0.05) is 25.1 Å². The van der Waals surface area contributed by atoms with Gasteiger partial charge in [-0.2, -0.15) is 4.31 Å². The molecule has 2 heterocycles. The average molecular weight is 392 g/mol. The van der Waals surface area contributed by atoms with Crippen LogP contribution in [0.1, 0.15) is 17.3 Å². The zero-order valence-corrected chi connectivity index (χ0v) is 16.2. The molecule has 8 heteroatoms. The van der Waals surface area contributed by atoms with Crippen molar-refractivity contribution in [3.05, 3.63) is 54.2 Å². The van der Waals surface area contributed by atoms with E-state index in [1.54, 1.807) is 65.3 Å². The Hall–Kier alpha value is -1.90. The van der Waals surface area contributed by atoms with Gasteiger partial charge in [-0.05, 0) is 30.0 Å². The summed E-state index contributed by atoms with van der Waals surface area (Å²) in [6.45, 7) is 3.38. The molecule has 1 aromatic heterocycles. The number of pyridine rings is 1. The molecule has 2 aromatic rings. The molecule has 0 aliphatic carbocycles. The third-order valence-corrected chi connectivity index (χ3v) is 6.90. The van der Waals surface area contributed by atoms with Crippen LogP contribution in [0.4, 0.5) is 0 Å². The van der Waals surface area contributed by atoms with Gasteiger partial charge in [0.25, 0.3) is 5.91 Å². The van der Waals surface area contributed by atoms with E-state index < -0.39 is 10.0 Å². The molecule has 138 valence electrons. The number of amides is 1. The van der Waals surface area contributed by atoms with E-state index in [0.29, 0.717) is 31.7 Å². The molecule has 0 unspecified atom stereocenters. The Labute approximate surface area is 158 Å². The minimum absolute atomic E-state index is 0.0814. The predicted octanol–water partition coefficient (Wildman–Crippen LogP) is 2.34. The fourth-order valence-corrected chi connectivity index (χ4v) is 4.91. The van der Waals surface area contributed by atoms with Crippen LogP contribution in [0.2, 0.25) is 0 Å². The molecule has 0 saturated carbocycles. The predicted molar refractivity (Wildman–Crippen MR) is 102 cm³/mol. The molecular weight excluding hydrogens is 370 g/mol. The smallest absolute Gasteiger partial charge is 0.254 e. The van der Waals surface area contributed by atoms with Crippen LogP contribution >= 0.6 is 11.8 Å². The molecule has 1 aromatic carbocycles. The van der Waals surface area contributed by atoms with Crippen LogP contribution in [0.3, 0.4) is 0 Å². The van der Waals surface area contributed by atoms with E-state index in [4.69, 9.17) is 0 Å². The van der Waals surface area contributed by atoms with Crippen molar-refractivity contribution >= 4 is 27.7 Å². The second kappa shape index (κ2) is 8.20. The van der Waals surface area contributed by atoms with Gasteiger partial charge in [0, 0.05) is 37.9 Å². The molecule has 0 bridgehead atoms. The summed E-state index contributed by atoms with van der Waals surface area (Å²) in [5, 5.41) is 0.823. The molecule has 26 heavy (non-hydrogen) atoms. The summed E-state index contributed by atoms with van der Waals surface area (Å²) < 4.78 is 26.8. The number of nitrogens with zero attached hydrogens (tertiary/aromatic N) is 3. The van der Waals surface area contributed by atoms with E-state index in [0.717, 1.165) is 10.8 Å². The van der Waals surface area contributed by atoms with Crippen LogP contribution in [-0.4, -0.2) is 60.4 Å². The third kappa shape index (κ3) is 4.08. The van der Waals surface area contributed by atoms with E-state index in [2.05, 4.69) is 4.98 Å². The van der Waals surface area contributed by atoms with E-state index in [9.17, 15) is 13.2 Å². The molecule has 1 aliphatic heterocycles. The highest BCUT2D eigenvalue weighted by Crippen LogP contribution is 2.20. The van der Waals surface area contributed by atoms with E-state index in [-0.39, 0.29) is 10.8 Å². The summed E-state index contributed by atoms with van der Waals surface area (Å²) in [5.41, 5.74) is 0.593. The lowest BCUT2D eigenvalue weighted by Gasteiger charge is -2.34. The van der Waals surface area contributed by atoms with E-state index in [1.807, 2.05) is 6.92 Å². The monoisotopic (exact) mass is 391 g/mol. The summed E-state index contributed by atoms with van der Waals surface area (Å²) in [7, 11) is -3.51. The third-order valence-electron chi connectivity index (χ3n) is 4.18. The normalized spacial score (nSPS) is 15.8. The Morgan fingerprint density at radius 2 is 1.81 bits per heavy atom. The Morgan fingerprint density at radius 3 is 2.46 bits per heavy atom. The summed E-state index contributed by atoms with van der Waals surface area (Å²) in [4.78, 5) is 18.9. The van der Waals surface area contributed by atoms with Gasteiger partial charge in [0.05, 0.1) is 9.92 Å².